The molecule has 4 heteroatoms. The third-order valence-electron chi connectivity index (χ3n) is 3.43. The van der Waals surface area contributed by atoms with Crippen molar-refractivity contribution >= 4 is 11.8 Å². The van der Waals surface area contributed by atoms with Crippen LogP contribution in [-0.2, 0) is 0 Å². The maximum atomic E-state index is 10.3. The summed E-state index contributed by atoms with van der Waals surface area (Å²) in [4.78, 5) is 0. The molecule has 3 nitrogen and oxygen atoms in total. The Morgan fingerprint density at radius 1 is 1.50 bits per heavy atom. The van der Waals surface area contributed by atoms with Crippen LogP contribution in [0.1, 0.15) is 24.9 Å². The Hall–Kier alpha value is -0.710. The van der Waals surface area contributed by atoms with Crippen LogP contribution in [-0.4, -0.2) is 35.9 Å². The van der Waals surface area contributed by atoms with Crippen LogP contribution in [0.2, 0.25) is 0 Å². The molecule has 0 amide bonds. The molecule has 0 saturated carbocycles. The first-order valence-electron chi connectivity index (χ1n) is 6.31. The van der Waals surface area contributed by atoms with Crippen LogP contribution >= 0.6 is 11.8 Å². The van der Waals surface area contributed by atoms with Crippen molar-refractivity contribution in [1.82, 2.24) is 5.32 Å². The van der Waals surface area contributed by atoms with Gasteiger partial charge in [-0.2, -0.15) is 11.8 Å². The molecule has 1 saturated heterocycles. The number of para-hydroxylation sites is 1. The second kappa shape index (κ2) is 5.95. The second-order valence-electron chi connectivity index (χ2n) is 4.87. The van der Waals surface area contributed by atoms with Crippen LogP contribution < -0.4 is 10.1 Å². The van der Waals surface area contributed by atoms with Crippen LogP contribution in [0, 0.1) is 0 Å². The number of benzene rings is 1. The van der Waals surface area contributed by atoms with Crippen molar-refractivity contribution in [1.29, 1.82) is 0 Å². The molecule has 0 aliphatic carbocycles. The SMILES string of the molecule is COc1ccccc1C(C)NCC1(O)CCSC1. The molecule has 2 N–H and O–H groups in total. The van der Waals surface area contributed by atoms with E-state index in [0.717, 1.165) is 29.2 Å². The van der Waals surface area contributed by atoms with Crippen molar-refractivity contribution in [2.24, 2.45) is 0 Å². The summed E-state index contributed by atoms with van der Waals surface area (Å²) in [5, 5.41) is 13.7. The molecule has 0 spiro atoms. The smallest absolute Gasteiger partial charge is 0.123 e. The van der Waals surface area contributed by atoms with Gasteiger partial charge in [0.05, 0.1) is 12.7 Å². The van der Waals surface area contributed by atoms with Gasteiger partial charge in [-0.3, -0.25) is 0 Å². The van der Waals surface area contributed by atoms with Crippen molar-refractivity contribution in [2.45, 2.75) is 25.0 Å². The minimum absolute atomic E-state index is 0.177. The van der Waals surface area contributed by atoms with Gasteiger partial charge in [-0.05, 0) is 25.2 Å². The molecule has 2 rings (SSSR count). The van der Waals surface area contributed by atoms with Gasteiger partial charge in [-0.25, -0.2) is 0 Å². The van der Waals surface area contributed by atoms with Crippen molar-refractivity contribution in [3.8, 4) is 5.75 Å². The normalized spacial score (nSPS) is 25.1. The van der Waals surface area contributed by atoms with E-state index < -0.39 is 5.60 Å². The second-order valence-corrected chi connectivity index (χ2v) is 5.98. The van der Waals surface area contributed by atoms with Gasteiger partial charge in [0, 0.05) is 23.9 Å². The molecule has 1 aromatic carbocycles. The van der Waals surface area contributed by atoms with Gasteiger partial charge in [-0.1, -0.05) is 18.2 Å². The van der Waals surface area contributed by atoms with E-state index in [1.807, 2.05) is 30.0 Å². The Labute approximate surface area is 113 Å². The Bertz CT molecular complexity index is 391. The highest BCUT2D eigenvalue weighted by molar-refractivity contribution is 7.99. The largest absolute Gasteiger partial charge is 0.496 e. The summed E-state index contributed by atoms with van der Waals surface area (Å²) < 4.78 is 5.36. The zero-order valence-corrected chi connectivity index (χ0v) is 11.8. The lowest BCUT2D eigenvalue weighted by Crippen LogP contribution is -2.41. The Morgan fingerprint density at radius 3 is 2.94 bits per heavy atom. The van der Waals surface area contributed by atoms with Gasteiger partial charge in [-0.15, -0.1) is 0 Å². The van der Waals surface area contributed by atoms with E-state index in [4.69, 9.17) is 4.74 Å². The lowest BCUT2D eigenvalue weighted by molar-refractivity contribution is 0.0650. The summed E-state index contributed by atoms with van der Waals surface area (Å²) in [5.74, 6) is 2.78. The van der Waals surface area contributed by atoms with E-state index in [2.05, 4.69) is 18.3 Å². The third-order valence-corrected chi connectivity index (χ3v) is 4.66. The molecule has 1 aromatic rings. The monoisotopic (exact) mass is 267 g/mol. The number of ether oxygens (including phenoxy) is 1. The van der Waals surface area contributed by atoms with E-state index in [0.29, 0.717) is 6.54 Å². The van der Waals surface area contributed by atoms with Crippen LogP contribution in [0.25, 0.3) is 0 Å². The van der Waals surface area contributed by atoms with Gasteiger partial charge in [0.15, 0.2) is 0 Å². The molecule has 0 radical (unpaired) electrons. The van der Waals surface area contributed by atoms with Gasteiger partial charge in [0.2, 0.25) is 0 Å². The molecule has 0 aromatic heterocycles. The highest BCUT2D eigenvalue weighted by Crippen LogP contribution is 2.29. The average molecular weight is 267 g/mol. The molecule has 18 heavy (non-hydrogen) atoms. The summed E-state index contributed by atoms with van der Waals surface area (Å²) >= 11 is 1.82. The molecule has 100 valence electrons. The Morgan fingerprint density at radius 2 is 2.28 bits per heavy atom. The van der Waals surface area contributed by atoms with E-state index in [1.54, 1.807) is 7.11 Å². The van der Waals surface area contributed by atoms with Gasteiger partial charge in [0.25, 0.3) is 0 Å². The number of aliphatic hydroxyl groups is 1. The van der Waals surface area contributed by atoms with Gasteiger partial charge < -0.3 is 15.2 Å². The topological polar surface area (TPSA) is 41.5 Å². The van der Waals surface area contributed by atoms with Crippen molar-refractivity contribution < 1.29 is 9.84 Å². The molecule has 1 heterocycles. The fraction of sp³-hybridized carbons (Fsp3) is 0.571. The van der Waals surface area contributed by atoms with Crippen molar-refractivity contribution in [2.75, 3.05) is 25.2 Å². The lowest BCUT2D eigenvalue weighted by Gasteiger charge is -2.25. The first kappa shape index (κ1) is 13.7. The number of methoxy groups -OCH3 is 1. The molecule has 2 unspecified atom stereocenters. The fourth-order valence-electron chi connectivity index (χ4n) is 2.21. The average Bonchev–Trinajstić information content (AvgIpc) is 2.83. The van der Waals surface area contributed by atoms with E-state index in [9.17, 15) is 5.11 Å². The number of hydrogen-bond donors (Lipinski definition) is 2. The quantitative estimate of drug-likeness (QED) is 0.858. The summed E-state index contributed by atoms with van der Waals surface area (Å²) in [6, 6.07) is 8.18. The predicted molar refractivity (Wildman–Crippen MR) is 76.3 cm³/mol. The molecular formula is C14H21NO2S. The molecule has 1 aliphatic heterocycles. The molecule has 2 atom stereocenters. The summed E-state index contributed by atoms with van der Waals surface area (Å²) in [6.45, 7) is 2.74. The summed E-state index contributed by atoms with van der Waals surface area (Å²) in [7, 11) is 1.69. The standard InChI is InChI=1S/C14H21NO2S/c1-11(12-5-3-4-6-13(12)17-2)15-9-14(16)7-8-18-10-14/h3-6,11,15-16H,7-10H2,1-2H3. The number of rotatable bonds is 5. The summed E-state index contributed by atoms with van der Waals surface area (Å²) in [5.41, 5.74) is 0.593. The van der Waals surface area contributed by atoms with Gasteiger partial charge >= 0.3 is 0 Å². The lowest BCUT2D eigenvalue weighted by atomic mass is 10.0. The predicted octanol–water partition coefficient (Wildman–Crippen LogP) is 2.21. The Kier molecular flexibility index (Phi) is 4.54. The van der Waals surface area contributed by atoms with E-state index >= 15 is 0 Å². The zero-order valence-electron chi connectivity index (χ0n) is 11.0. The maximum absolute atomic E-state index is 10.3. The van der Waals surface area contributed by atoms with Crippen LogP contribution in [0.4, 0.5) is 0 Å². The van der Waals surface area contributed by atoms with Crippen LogP contribution in [0.3, 0.4) is 0 Å². The molecule has 0 bridgehead atoms. The van der Waals surface area contributed by atoms with E-state index in [-0.39, 0.29) is 6.04 Å². The first-order valence-corrected chi connectivity index (χ1v) is 7.46. The van der Waals surface area contributed by atoms with Gasteiger partial charge in [0.1, 0.15) is 5.75 Å². The molecule has 1 aliphatic rings. The number of hydrogen-bond acceptors (Lipinski definition) is 4. The molecular weight excluding hydrogens is 246 g/mol. The minimum Gasteiger partial charge on any atom is -0.496 e. The summed E-state index contributed by atoms with van der Waals surface area (Å²) in [6.07, 6.45) is 0.878. The number of nitrogens with one attached hydrogen (secondary N) is 1. The fourth-order valence-corrected chi connectivity index (χ4v) is 3.51. The highest BCUT2D eigenvalue weighted by atomic mass is 32.2. The number of thioether (sulfide) groups is 1. The minimum atomic E-state index is -0.541. The van der Waals surface area contributed by atoms with Crippen molar-refractivity contribution in [3.05, 3.63) is 29.8 Å². The zero-order chi connectivity index (χ0) is 13.0. The first-order chi connectivity index (χ1) is 8.64. The maximum Gasteiger partial charge on any atom is 0.123 e. The van der Waals surface area contributed by atoms with Crippen molar-refractivity contribution in [3.63, 3.8) is 0 Å². The molecule has 1 fully saturated rings. The van der Waals surface area contributed by atoms with Crippen LogP contribution in [0.5, 0.6) is 5.75 Å². The highest BCUT2D eigenvalue weighted by Gasteiger charge is 2.31. The Balaban J connectivity index is 1.96. The van der Waals surface area contributed by atoms with E-state index in [1.165, 1.54) is 0 Å². The third kappa shape index (κ3) is 3.19. The van der Waals surface area contributed by atoms with Crippen LogP contribution in [0.15, 0.2) is 24.3 Å².